The fourth-order valence-electron chi connectivity index (χ4n) is 3.96. The molecule has 43 heavy (non-hydrogen) atoms. The summed E-state index contributed by atoms with van der Waals surface area (Å²) >= 11 is 0. The van der Waals surface area contributed by atoms with Gasteiger partial charge in [0.2, 0.25) is 11.9 Å². The summed E-state index contributed by atoms with van der Waals surface area (Å²) < 4.78 is 66.4. The number of amides is 1. The van der Waals surface area contributed by atoms with Crippen LogP contribution in [0, 0.1) is 49.4 Å². The van der Waals surface area contributed by atoms with Crippen molar-refractivity contribution in [2.45, 2.75) is 46.1 Å². The van der Waals surface area contributed by atoms with Crippen molar-refractivity contribution in [3.8, 4) is 12.1 Å². The lowest BCUT2D eigenvalue weighted by Crippen LogP contribution is -2.19. The minimum atomic E-state index is -4.55. The van der Waals surface area contributed by atoms with Crippen LogP contribution in [-0.2, 0) is 31.6 Å². The molecule has 3 aromatic rings. The molecule has 0 aliphatic heterocycles. The van der Waals surface area contributed by atoms with Gasteiger partial charge in [-0.1, -0.05) is 19.9 Å². The van der Waals surface area contributed by atoms with E-state index in [-0.39, 0.29) is 45.2 Å². The molecule has 0 atom stereocenters. The third kappa shape index (κ3) is 7.72. The number of hydrogen-bond acceptors (Lipinski definition) is 13. The predicted octanol–water partition coefficient (Wildman–Crippen LogP) is 3.23. The van der Waals surface area contributed by atoms with Crippen molar-refractivity contribution in [1.29, 1.82) is 10.5 Å². The minimum absolute atomic E-state index is 0.0810. The van der Waals surface area contributed by atoms with Crippen LogP contribution in [0.15, 0.2) is 27.4 Å². The van der Waals surface area contributed by atoms with E-state index >= 15 is 0 Å². The van der Waals surface area contributed by atoms with Gasteiger partial charge in [0.05, 0.1) is 11.9 Å². The summed E-state index contributed by atoms with van der Waals surface area (Å²) in [5.41, 5.74) is 0.680. The third-order valence-corrected chi connectivity index (χ3v) is 7.75. The first-order chi connectivity index (χ1) is 20.0. The molecule has 0 saturated carbocycles. The van der Waals surface area contributed by atoms with E-state index in [4.69, 9.17) is 4.55 Å². The fraction of sp³-hybridized carbons (Fsp3) is 0.333. The first-order valence-electron chi connectivity index (χ1n) is 12.3. The summed E-state index contributed by atoms with van der Waals surface area (Å²) in [5.74, 6) is -2.29. The van der Waals surface area contributed by atoms with Gasteiger partial charge < -0.3 is 10.6 Å². The van der Waals surface area contributed by atoms with Gasteiger partial charge in [-0.05, 0) is 37.5 Å². The number of carbonyl (C=O) groups is 1. The fourth-order valence-corrected chi connectivity index (χ4v) is 5.32. The van der Waals surface area contributed by atoms with E-state index in [1.807, 2.05) is 0 Å². The van der Waals surface area contributed by atoms with E-state index in [2.05, 4.69) is 35.8 Å². The highest BCUT2D eigenvalue weighted by molar-refractivity contribution is 7.86. The Bertz CT molecular complexity index is 1940. The average molecular weight is 631 g/mol. The van der Waals surface area contributed by atoms with Gasteiger partial charge in [0.1, 0.15) is 22.7 Å². The van der Waals surface area contributed by atoms with Gasteiger partial charge >= 0.3 is 0 Å². The molecule has 1 amide bonds. The van der Waals surface area contributed by atoms with E-state index in [0.717, 1.165) is 4.57 Å². The van der Waals surface area contributed by atoms with Gasteiger partial charge in [0.25, 0.3) is 26.2 Å². The third-order valence-electron chi connectivity index (χ3n) is 5.91. The molecule has 0 saturated heterocycles. The molecule has 0 unspecified atom stereocenters. The van der Waals surface area contributed by atoms with Gasteiger partial charge in [0.15, 0.2) is 17.2 Å². The number of nitrogens with zero attached hydrogens (tertiary/aromatic N) is 8. The molecule has 4 N–H and O–H groups in total. The number of nitrogens with one attached hydrogen (secondary N) is 2. The Morgan fingerprint density at radius 3 is 2.30 bits per heavy atom. The molecule has 0 spiro atoms. The van der Waals surface area contributed by atoms with Crippen LogP contribution in [0.2, 0.25) is 0 Å². The molecule has 0 aliphatic carbocycles. The second kappa shape index (κ2) is 12.6. The Hall–Kier alpha value is -4.82. The Labute approximate surface area is 246 Å². The zero-order chi connectivity index (χ0) is 32.3. The monoisotopic (exact) mass is 630 g/mol. The zero-order valence-electron chi connectivity index (χ0n) is 23.5. The molecular formula is C24H26N10O7S2. The second-order valence-electron chi connectivity index (χ2n) is 9.48. The average Bonchev–Trinajstić information content (AvgIpc) is 3.24. The van der Waals surface area contributed by atoms with Crippen molar-refractivity contribution < 1.29 is 30.7 Å². The first-order valence-corrected chi connectivity index (χ1v) is 15.3. The molecular weight excluding hydrogens is 604 g/mol. The van der Waals surface area contributed by atoms with Crippen LogP contribution in [0.5, 0.6) is 0 Å². The molecule has 226 valence electrons. The Morgan fingerprint density at radius 2 is 1.74 bits per heavy atom. The summed E-state index contributed by atoms with van der Waals surface area (Å²) in [4.78, 5) is 24.6. The van der Waals surface area contributed by atoms with E-state index < -0.39 is 44.4 Å². The molecule has 0 aliphatic rings. The van der Waals surface area contributed by atoms with Crippen molar-refractivity contribution in [2.24, 2.45) is 16.1 Å². The number of nitriles is 2. The smallest absolute Gasteiger partial charge is 0.295 e. The number of carbonyl (C=O) groups excluding carboxylic acids is 1. The van der Waals surface area contributed by atoms with Crippen molar-refractivity contribution in [3.63, 3.8) is 0 Å². The van der Waals surface area contributed by atoms with Crippen LogP contribution in [0.3, 0.4) is 0 Å². The largest absolute Gasteiger partial charge is 0.324 e. The maximum absolute atomic E-state index is 12.5. The minimum Gasteiger partial charge on any atom is -0.324 e. The lowest BCUT2D eigenvalue weighted by molar-refractivity contribution is -0.118. The van der Waals surface area contributed by atoms with E-state index in [1.54, 1.807) is 39.0 Å². The summed E-state index contributed by atoms with van der Waals surface area (Å²) in [7, 11) is -8.99. The zero-order valence-corrected chi connectivity index (χ0v) is 25.1. The summed E-state index contributed by atoms with van der Waals surface area (Å²) in [6, 6.07) is 4.98. The lowest BCUT2D eigenvalue weighted by Gasteiger charge is -2.17. The van der Waals surface area contributed by atoms with E-state index in [1.165, 1.54) is 20.0 Å². The Morgan fingerprint density at radius 1 is 1.07 bits per heavy atom. The summed E-state index contributed by atoms with van der Waals surface area (Å²) in [5, 5.41) is 32.2. The van der Waals surface area contributed by atoms with Crippen molar-refractivity contribution >= 4 is 55.2 Å². The van der Waals surface area contributed by atoms with Crippen molar-refractivity contribution in [3.05, 3.63) is 40.3 Å². The lowest BCUT2D eigenvalue weighted by atomic mass is 10.0. The standard InChI is InChI=1S/C24H26N10O7S2/c1-12(2)22(35)30-21-17(32-33-24-28-16(9-25)18(10-26)34(24)6-7-42(36,37)38)11-27-23(31-21)29-19-13(3)8-14(4)20(15(19)5)43(39,40)41/h8,11-12H,6-7H2,1-5H3,(H,36,37,38)(H,39,40,41)(H2,27,29,30,31,35). The molecule has 0 radical (unpaired) electrons. The predicted molar refractivity (Wildman–Crippen MR) is 151 cm³/mol. The van der Waals surface area contributed by atoms with Gasteiger partial charge in [-0.3, -0.25) is 18.5 Å². The summed E-state index contributed by atoms with van der Waals surface area (Å²) in [6.45, 7) is 7.52. The molecule has 0 fully saturated rings. The molecule has 17 nitrogen and oxygen atoms in total. The van der Waals surface area contributed by atoms with E-state index in [0.29, 0.717) is 16.8 Å². The van der Waals surface area contributed by atoms with Gasteiger partial charge in [-0.2, -0.15) is 37.3 Å². The highest BCUT2D eigenvalue weighted by Crippen LogP contribution is 2.33. The highest BCUT2D eigenvalue weighted by Gasteiger charge is 2.23. The Kier molecular flexibility index (Phi) is 9.57. The van der Waals surface area contributed by atoms with Crippen LogP contribution < -0.4 is 10.6 Å². The topological polar surface area (TPSA) is 266 Å². The number of azo groups is 1. The molecule has 1 aromatic carbocycles. The number of aromatic nitrogens is 4. The molecule has 2 aromatic heterocycles. The SMILES string of the molecule is Cc1cc(C)c(S(=O)(=O)O)c(C)c1Nc1ncc(N=Nc2nc(C#N)c(C#N)n2CCS(=O)(=O)O)c(NC(=O)C(C)C)n1. The van der Waals surface area contributed by atoms with Crippen molar-refractivity contribution in [1.82, 2.24) is 19.5 Å². The number of benzene rings is 1. The van der Waals surface area contributed by atoms with Crippen LogP contribution in [0.1, 0.15) is 41.9 Å². The molecule has 19 heteroatoms. The Balaban J connectivity index is 2.11. The normalized spacial score (nSPS) is 11.9. The van der Waals surface area contributed by atoms with Crippen LogP contribution in [-0.4, -0.2) is 57.1 Å². The number of anilines is 3. The molecule has 3 rings (SSSR count). The summed E-state index contributed by atoms with van der Waals surface area (Å²) in [6.07, 6.45) is 1.17. The maximum Gasteiger partial charge on any atom is 0.295 e. The second-order valence-corrected chi connectivity index (χ2v) is 12.4. The van der Waals surface area contributed by atoms with Crippen LogP contribution in [0.4, 0.5) is 29.1 Å². The van der Waals surface area contributed by atoms with Crippen LogP contribution in [0.25, 0.3) is 0 Å². The number of aryl methyl sites for hydroxylation is 2. The van der Waals surface area contributed by atoms with Gasteiger partial charge in [0, 0.05) is 18.2 Å². The molecule has 0 bridgehead atoms. The van der Waals surface area contributed by atoms with Crippen molar-refractivity contribution in [2.75, 3.05) is 16.4 Å². The van der Waals surface area contributed by atoms with E-state index in [9.17, 15) is 36.7 Å². The van der Waals surface area contributed by atoms with Gasteiger partial charge in [-0.25, -0.2) is 4.98 Å². The number of hydrogen-bond donors (Lipinski definition) is 4. The quantitative estimate of drug-likeness (QED) is 0.185. The van der Waals surface area contributed by atoms with Crippen LogP contribution >= 0.6 is 0 Å². The number of imidazole rings is 1. The number of rotatable bonds is 10. The van der Waals surface area contributed by atoms with Gasteiger partial charge in [-0.15, -0.1) is 10.2 Å². The maximum atomic E-state index is 12.5. The highest BCUT2D eigenvalue weighted by atomic mass is 32.2. The molecule has 2 heterocycles. The first kappa shape index (κ1) is 32.7.